The Morgan fingerprint density at radius 1 is 1.00 bits per heavy atom. The van der Waals surface area contributed by atoms with Gasteiger partial charge in [0.05, 0.1) is 0 Å². The van der Waals surface area contributed by atoms with Crippen LogP contribution in [0.25, 0.3) is 0 Å². The van der Waals surface area contributed by atoms with E-state index in [0.717, 1.165) is 12.3 Å². The number of anilines is 1. The zero-order chi connectivity index (χ0) is 23.8. The van der Waals surface area contributed by atoms with Crippen LogP contribution in [-0.4, -0.2) is 36.5 Å². The van der Waals surface area contributed by atoms with E-state index in [0.29, 0.717) is 25.3 Å². The topological polar surface area (TPSA) is 36.7 Å². The van der Waals surface area contributed by atoms with E-state index in [4.69, 9.17) is 4.42 Å². The number of benzene rings is 2. The molecule has 33 heavy (non-hydrogen) atoms. The number of hydrogen-bond acceptors (Lipinski definition) is 3. The first-order valence-electron chi connectivity index (χ1n) is 11.9. The summed E-state index contributed by atoms with van der Waals surface area (Å²) in [7, 11) is 0. The highest BCUT2D eigenvalue weighted by Crippen LogP contribution is 2.27. The second-order valence-electron chi connectivity index (χ2n) is 10.5. The molecule has 1 atom stereocenters. The van der Waals surface area contributed by atoms with E-state index in [2.05, 4.69) is 88.9 Å². The molecule has 4 heteroatoms. The molecule has 2 aromatic carbocycles. The zero-order valence-corrected chi connectivity index (χ0v) is 20.8. The van der Waals surface area contributed by atoms with Gasteiger partial charge in [0.15, 0.2) is 5.76 Å². The van der Waals surface area contributed by atoms with Crippen molar-refractivity contribution >= 4 is 11.6 Å². The fraction of sp³-hybridized carbons (Fsp3) is 0.414. The maximum atomic E-state index is 13.2. The molecule has 0 N–H and O–H groups in total. The van der Waals surface area contributed by atoms with E-state index < -0.39 is 0 Å². The molecule has 0 aliphatic carbocycles. The first-order chi connectivity index (χ1) is 15.6. The van der Waals surface area contributed by atoms with Crippen LogP contribution in [0.5, 0.6) is 0 Å². The van der Waals surface area contributed by atoms with Crippen LogP contribution in [0.2, 0.25) is 0 Å². The molecule has 2 heterocycles. The molecule has 1 aliphatic rings. The third kappa shape index (κ3) is 5.16. The SMILES string of the molecule is Cc1ccc(N2CCN(C(=O)c3ccc(Cc4cc(C(C)(C)C)ccc4C)o3)CC2C)cc1. The average Bonchev–Trinajstić information content (AvgIpc) is 3.23. The zero-order valence-electron chi connectivity index (χ0n) is 20.8. The summed E-state index contributed by atoms with van der Waals surface area (Å²) in [6.45, 7) is 15.3. The van der Waals surface area contributed by atoms with E-state index in [1.807, 2.05) is 17.0 Å². The lowest BCUT2D eigenvalue weighted by atomic mass is 9.85. The predicted octanol–water partition coefficient (Wildman–Crippen LogP) is 6.14. The third-order valence-electron chi connectivity index (χ3n) is 6.73. The molecule has 1 amide bonds. The predicted molar refractivity (Wildman–Crippen MR) is 135 cm³/mol. The minimum atomic E-state index is -0.0168. The Bertz CT molecular complexity index is 1120. The molecule has 3 aromatic rings. The number of aryl methyl sites for hydroxylation is 2. The summed E-state index contributed by atoms with van der Waals surface area (Å²) < 4.78 is 6.04. The maximum absolute atomic E-state index is 13.2. The fourth-order valence-electron chi connectivity index (χ4n) is 4.52. The molecule has 4 rings (SSSR count). The van der Waals surface area contributed by atoms with Crippen molar-refractivity contribution < 1.29 is 9.21 Å². The van der Waals surface area contributed by atoms with Crippen LogP contribution in [0.3, 0.4) is 0 Å². The first-order valence-corrected chi connectivity index (χ1v) is 11.9. The van der Waals surface area contributed by atoms with Crippen molar-refractivity contribution in [3.8, 4) is 0 Å². The fourth-order valence-corrected chi connectivity index (χ4v) is 4.52. The van der Waals surface area contributed by atoms with Crippen molar-refractivity contribution in [2.75, 3.05) is 24.5 Å². The lowest BCUT2D eigenvalue weighted by molar-refractivity contribution is 0.0692. The molecule has 1 aromatic heterocycles. The van der Waals surface area contributed by atoms with Crippen molar-refractivity contribution in [3.05, 3.63) is 88.4 Å². The molecule has 1 unspecified atom stereocenters. The van der Waals surface area contributed by atoms with Gasteiger partial charge in [0.1, 0.15) is 5.76 Å². The lowest BCUT2D eigenvalue weighted by Crippen LogP contribution is -2.53. The number of carbonyl (C=O) groups is 1. The summed E-state index contributed by atoms with van der Waals surface area (Å²) in [6.07, 6.45) is 0.695. The van der Waals surface area contributed by atoms with E-state index >= 15 is 0 Å². The van der Waals surface area contributed by atoms with Crippen LogP contribution in [0.4, 0.5) is 5.69 Å². The Hall–Kier alpha value is -3.01. The van der Waals surface area contributed by atoms with Gasteiger partial charge in [0, 0.05) is 37.8 Å². The molecule has 1 fully saturated rings. The summed E-state index contributed by atoms with van der Waals surface area (Å²) in [4.78, 5) is 17.5. The molecule has 4 nitrogen and oxygen atoms in total. The van der Waals surface area contributed by atoms with Gasteiger partial charge >= 0.3 is 0 Å². The summed E-state index contributed by atoms with van der Waals surface area (Å²) >= 11 is 0. The van der Waals surface area contributed by atoms with Crippen molar-refractivity contribution in [1.82, 2.24) is 4.90 Å². The summed E-state index contributed by atoms with van der Waals surface area (Å²) in [6, 6.07) is 19.3. The summed E-state index contributed by atoms with van der Waals surface area (Å²) in [5.74, 6) is 1.25. The van der Waals surface area contributed by atoms with Gasteiger partial charge in [-0.1, -0.05) is 56.7 Å². The molecule has 0 bridgehead atoms. The number of hydrogen-bond donors (Lipinski definition) is 0. The molecule has 174 valence electrons. The monoisotopic (exact) mass is 444 g/mol. The quantitative estimate of drug-likeness (QED) is 0.485. The highest BCUT2D eigenvalue weighted by atomic mass is 16.4. The van der Waals surface area contributed by atoms with E-state index in [-0.39, 0.29) is 17.4 Å². The Labute approximate surface area is 198 Å². The van der Waals surface area contributed by atoms with Gasteiger partial charge in [0.25, 0.3) is 5.91 Å². The second-order valence-corrected chi connectivity index (χ2v) is 10.5. The first kappa shape index (κ1) is 23.2. The van der Waals surface area contributed by atoms with Gasteiger partial charge in [-0.3, -0.25) is 4.79 Å². The Kier molecular flexibility index (Phi) is 6.38. The summed E-state index contributed by atoms with van der Waals surface area (Å²) in [5, 5.41) is 0. The van der Waals surface area contributed by atoms with Gasteiger partial charge < -0.3 is 14.2 Å². The van der Waals surface area contributed by atoms with Crippen LogP contribution in [0.15, 0.2) is 59.0 Å². The highest BCUT2D eigenvalue weighted by Gasteiger charge is 2.29. The van der Waals surface area contributed by atoms with Crippen LogP contribution >= 0.6 is 0 Å². The summed E-state index contributed by atoms with van der Waals surface area (Å²) in [5.41, 5.74) is 6.38. The van der Waals surface area contributed by atoms with E-state index in [1.54, 1.807) is 0 Å². The molecule has 0 spiro atoms. The molecule has 0 saturated carbocycles. The molecule has 1 saturated heterocycles. The van der Waals surface area contributed by atoms with Gasteiger partial charge in [-0.2, -0.15) is 0 Å². The molecule has 0 radical (unpaired) electrons. The number of amides is 1. The van der Waals surface area contributed by atoms with Gasteiger partial charge in [-0.15, -0.1) is 0 Å². The number of carbonyl (C=O) groups excluding carboxylic acids is 1. The molecular weight excluding hydrogens is 408 g/mol. The normalized spacial score (nSPS) is 16.8. The largest absolute Gasteiger partial charge is 0.456 e. The van der Waals surface area contributed by atoms with Gasteiger partial charge in [-0.05, 0) is 67.1 Å². The number of nitrogens with zero attached hydrogens (tertiary/aromatic N) is 2. The average molecular weight is 445 g/mol. The van der Waals surface area contributed by atoms with E-state index in [1.165, 1.54) is 27.9 Å². The number of furan rings is 1. The van der Waals surface area contributed by atoms with Crippen LogP contribution < -0.4 is 4.90 Å². The van der Waals surface area contributed by atoms with Crippen molar-refractivity contribution in [2.45, 2.75) is 59.4 Å². The number of rotatable bonds is 4. The van der Waals surface area contributed by atoms with Crippen molar-refractivity contribution in [2.24, 2.45) is 0 Å². The maximum Gasteiger partial charge on any atom is 0.289 e. The van der Waals surface area contributed by atoms with Gasteiger partial charge in [-0.25, -0.2) is 0 Å². The third-order valence-corrected chi connectivity index (χ3v) is 6.73. The van der Waals surface area contributed by atoms with Crippen LogP contribution in [0, 0.1) is 13.8 Å². The highest BCUT2D eigenvalue weighted by molar-refractivity contribution is 5.91. The van der Waals surface area contributed by atoms with Crippen molar-refractivity contribution in [1.29, 1.82) is 0 Å². The molecule has 1 aliphatic heterocycles. The smallest absolute Gasteiger partial charge is 0.289 e. The molecular formula is C29H36N2O2. The van der Waals surface area contributed by atoms with Crippen LogP contribution in [-0.2, 0) is 11.8 Å². The van der Waals surface area contributed by atoms with Gasteiger partial charge in [0.2, 0.25) is 0 Å². The number of piperazine rings is 1. The minimum absolute atomic E-state index is 0.0168. The Balaban J connectivity index is 1.43. The Morgan fingerprint density at radius 3 is 2.39 bits per heavy atom. The minimum Gasteiger partial charge on any atom is -0.456 e. The Morgan fingerprint density at radius 2 is 1.73 bits per heavy atom. The lowest BCUT2D eigenvalue weighted by Gasteiger charge is -2.41. The second kappa shape index (κ2) is 9.09. The standard InChI is InChI=1S/C29H36N2O2/c1-20-7-11-25(12-8-20)31-16-15-30(19-22(31)3)28(32)27-14-13-26(33-27)18-23-17-24(29(4,5)6)10-9-21(23)2/h7-14,17,22H,15-16,18-19H2,1-6H3. The van der Waals surface area contributed by atoms with Crippen molar-refractivity contribution in [3.63, 3.8) is 0 Å². The van der Waals surface area contributed by atoms with E-state index in [9.17, 15) is 4.79 Å². The van der Waals surface area contributed by atoms with Crippen LogP contribution in [0.1, 0.15) is 66.3 Å².